The molecule has 0 aromatic rings. The number of ether oxygens (including phenoxy) is 2. The Kier molecular flexibility index (Phi) is 3.20. The van der Waals surface area contributed by atoms with Crippen LogP contribution in [0.4, 0.5) is 13.2 Å². The second-order valence-corrected chi connectivity index (χ2v) is 4.08. The van der Waals surface area contributed by atoms with Gasteiger partial charge in [-0.2, -0.15) is 13.2 Å². The molecule has 1 amide bonds. The average Bonchev–Trinajstić information content (AvgIpc) is 2.68. The molecule has 2 aliphatic heterocycles. The first-order valence-corrected chi connectivity index (χ1v) is 5.15. The summed E-state index contributed by atoms with van der Waals surface area (Å²) in [5.41, 5.74) is 0. The molecule has 0 radical (unpaired) electrons. The summed E-state index contributed by atoms with van der Waals surface area (Å²) in [4.78, 5) is 22.2. The molecule has 0 spiro atoms. The number of carboxylic acid groups (broad SMARTS) is 1. The van der Waals surface area contributed by atoms with Gasteiger partial charge in [0.15, 0.2) is 6.10 Å². The Morgan fingerprint density at radius 2 is 1.83 bits per heavy atom. The predicted octanol–water partition coefficient (Wildman–Crippen LogP) is -0.372. The van der Waals surface area contributed by atoms with Crippen molar-refractivity contribution in [3.05, 3.63) is 0 Å². The smallest absolute Gasteiger partial charge is 0.471 e. The second kappa shape index (κ2) is 4.39. The van der Waals surface area contributed by atoms with Crippen molar-refractivity contribution in [1.82, 2.24) is 4.90 Å². The van der Waals surface area contributed by atoms with Gasteiger partial charge in [-0.05, 0) is 0 Å². The molecule has 2 fully saturated rings. The molecule has 2 heterocycles. The topological polar surface area (TPSA) is 76.1 Å². The normalized spacial score (nSPS) is 32.2. The first kappa shape index (κ1) is 13.1. The van der Waals surface area contributed by atoms with Gasteiger partial charge in [0.2, 0.25) is 0 Å². The van der Waals surface area contributed by atoms with Crippen LogP contribution < -0.4 is 0 Å². The monoisotopic (exact) mass is 269 g/mol. The van der Waals surface area contributed by atoms with Gasteiger partial charge in [0.05, 0.1) is 6.61 Å². The lowest BCUT2D eigenvalue weighted by atomic mass is 10.2. The van der Waals surface area contributed by atoms with E-state index in [2.05, 4.69) is 0 Å². The molecule has 0 aliphatic carbocycles. The Morgan fingerprint density at radius 1 is 1.22 bits per heavy atom. The maximum absolute atomic E-state index is 12.2. The van der Waals surface area contributed by atoms with Crippen LogP contribution in [0.5, 0.6) is 0 Å². The number of amides is 1. The average molecular weight is 269 g/mol. The van der Waals surface area contributed by atoms with Crippen molar-refractivity contribution in [3.8, 4) is 0 Å². The van der Waals surface area contributed by atoms with Crippen molar-refractivity contribution in [2.45, 2.75) is 24.5 Å². The zero-order valence-corrected chi connectivity index (χ0v) is 9.01. The van der Waals surface area contributed by atoms with Gasteiger partial charge in [-0.3, -0.25) is 4.79 Å². The van der Waals surface area contributed by atoms with Crippen LogP contribution in [0.25, 0.3) is 0 Å². The number of rotatable bonds is 1. The lowest BCUT2D eigenvalue weighted by Crippen LogP contribution is -2.45. The fourth-order valence-electron chi connectivity index (χ4n) is 1.97. The van der Waals surface area contributed by atoms with Crippen molar-refractivity contribution in [2.24, 2.45) is 0 Å². The van der Waals surface area contributed by atoms with E-state index in [1.807, 2.05) is 0 Å². The minimum absolute atomic E-state index is 0.232. The van der Waals surface area contributed by atoms with E-state index in [0.29, 0.717) is 4.90 Å². The number of aliphatic carboxylic acids is 1. The Bertz CT molecular complexity index is 372. The molecule has 2 saturated heterocycles. The summed E-state index contributed by atoms with van der Waals surface area (Å²) in [6.07, 6.45) is -7.68. The van der Waals surface area contributed by atoms with E-state index in [1.165, 1.54) is 0 Å². The number of carbonyl (C=O) groups excluding carboxylic acids is 1. The third-order valence-corrected chi connectivity index (χ3v) is 2.82. The van der Waals surface area contributed by atoms with Gasteiger partial charge in [-0.25, -0.2) is 4.79 Å². The minimum Gasteiger partial charge on any atom is -0.479 e. The number of alkyl halides is 3. The molecule has 102 valence electrons. The number of carboxylic acids is 1. The Balaban J connectivity index is 2.00. The van der Waals surface area contributed by atoms with Crippen LogP contribution in [0.1, 0.15) is 0 Å². The third kappa shape index (κ3) is 2.41. The van der Waals surface area contributed by atoms with Crippen LogP contribution in [0.3, 0.4) is 0 Å². The summed E-state index contributed by atoms with van der Waals surface area (Å²) in [5, 5.41) is 8.70. The minimum atomic E-state index is -4.94. The summed E-state index contributed by atoms with van der Waals surface area (Å²) < 4.78 is 46.8. The molecule has 0 aromatic carbocycles. The summed E-state index contributed by atoms with van der Waals surface area (Å²) in [7, 11) is 0. The van der Waals surface area contributed by atoms with Crippen LogP contribution in [-0.4, -0.2) is 66.1 Å². The maximum Gasteiger partial charge on any atom is 0.471 e. The van der Waals surface area contributed by atoms with Gasteiger partial charge in [-0.15, -0.1) is 0 Å². The molecule has 0 saturated carbocycles. The number of hydrogen-bond acceptors (Lipinski definition) is 4. The van der Waals surface area contributed by atoms with E-state index in [1.54, 1.807) is 0 Å². The molecule has 2 rings (SSSR count). The summed E-state index contributed by atoms with van der Waals surface area (Å²) in [5.74, 6) is -3.20. The highest BCUT2D eigenvalue weighted by atomic mass is 19.4. The predicted molar refractivity (Wildman–Crippen MR) is 48.7 cm³/mol. The van der Waals surface area contributed by atoms with E-state index in [4.69, 9.17) is 14.6 Å². The zero-order chi connectivity index (χ0) is 13.5. The van der Waals surface area contributed by atoms with Crippen molar-refractivity contribution >= 4 is 11.9 Å². The molecule has 3 unspecified atom stereocenters. The highest BCUT2D eigenvalue weighted by Crippen LogP contribution is 2.27. The maximum atomic E-state index is 12.2. The van der Waals surface area contributed by atoms with Gasteiger partial charge in [-0.1, -0.05) is 0 Å². The van der Waals surface area contributed by atoms with E-state index in [-0.39, 0.29) is 19.7 Å². The van der Waals surface area contributed by atoms with Crippen LogP contribution in [0.15, 0.2) is 0 Å². The molecule has 3 atom stereocenters. The highest BCUT2D eigenvalue weighted by molar-refractivity contribution is 5.82. The number of carbonyl (C=O) groups is 2. The molecular weight excluding hydrogens is 259 g/mol. The highest BCUT2D eigenvalue weighted by Gasteiger charge is 2.49. The van der Waals surface area contributed by atoms with Crippen molar-refractivity contribution in [3.63, 3.8) is 0 Å². The molecule has 0 aromatic heterocycles. The lowest BCUT2D eigenvalue weighted by molar-refractivity contribution is -0.187. The molecule has 18 heavy (non-hydrogen) atoms. The van der Waals surface area contributed by atoms with E-state index in [0.717, 1.165) is 0 Å². The molecule has 9 heteroatoms. The molecule has 2 aliphatic rings. The number of likely N-dealkylation sites (tertiary alicyclic amines) is 1. The van der Waals surface area contributed by atoms with Crippen molar-refractivity contribution < 1.29 is 37.3 Å². The number of halogens is 3. The molecule has 0 bridgehead atoms. The quantitative estimate of drug-likeness (QED) is 0.702. The van der Waals surface area contributed by atoms with E-state index >= 15 is 0 Å². The van der Waals surface area contributed by atoms with E-state index in [9.17, 15) is 22.8 Å². The number of nitrogens with zero attached hydrogens (tertiary/aromatic N) is 1. The Labute approximate surface area is 99.2 Å². The van der Waals surface area contributed by atoms with Gasteiger partial charge in [0.25, 0.3) is 0 Å². The van der Waals surface area contributed by atoms with Crippen molar-refractivity contribution in [2.75, 3.05) is 19.7 Å². The lowest BCUT2D eigenvalue weighted by Gasteiger charge is -2.29. The largest absolute Gasteiger partial charge is 0.479 e. The van der Waals surface area contributed by atoms with Gasteiger partial charge in [0.1, 0.15) is 12.2 Å². The Hall–Kier alpha value is -1.35. The summed E-state index contributed by atoms with van der Waals surface area (Å²) in [6.45, 7) is -0.785. The van der Waals surface area contributed by atoms with Crippen LogP contribution >= 0.6 is 0 Å². The SMILES string of the molecule is O=C(O)C1COC2CN(C(=O)C(F)(F)F)CC2O1. The fraction of sp³-hybridized carbons (Fsp3) is 0.778. The Morgan fingerprint density at radius 3 is 2.39 bits per heavy atom. The number of hydrogen-bond donors (Lipinski definition) is 1. The van der Waals surface area contributed by atoms with Crippen LogP contribution in [0, 0.1) is 0 Å². The zero-order valence-electron chi connectivity index (χ0n) is 9.01. The number of fused-ring (bicyclic) bond motifs is 1. The van der Waals surface area contributed by atoms with Crippen molar-refractivity contribution in [1.29, 1.82) is 0 Å². The molecule has 6 nitrogen and oxygen atoms in total. The van der Waals surface area contributed by atoms with E-state index < -0.39 is 36.4 Å². The first-order valence-electron chi connectivity index (χ1n) is 5.15. The fourth-order valence-corrected chi connectivity index (χ4v) is 1.97. The first-order chi connectivity index (χ1) is 8.29. The standard InChI is InChI=1S/C9H10F3NO5/c10-9(11,12)8(16)13-1-4-5(2-13)18-6(3-17-4)7(14)15/h4-6H,1-3H2,(H,14,15). The van der Waals surface area contributed by atoms with Crippen LogP contribution in [0.2, 0.25) is 0 Å². The third-order valence-electron chi connectivity index (χ3n) is 2.82. The van der Waals surface area contributed by atoms with Gasteiger partial charge >= 0.3 is 18.1 Å². The van der Waals surface area contributed by atoms with Crippen LogP contribution in [-0.2, 0) is 19.1 Å². The van der Waals surface area contributed by atoms with Gasteiger partial charge < -0.3 is 19.5 Å². The summed E-state index contributed by atoms with van der Waals surface area (Å²) in [6, 6.07) is 0. The van der Waals surface area contributed by atoms with Gasteiger partial charge in [0, 0.05) is 13.1 Å². The molecular formula is C9H10F3NO5. The second-order valence-electron chi connectivity index (χ2n) is 4.08. The molecule has 1 N–H and O–H groups in total. The summed E-state index contributed by atoms with van der Waals surface area (Å²) >= 11 is 0.